The Bertz CT molecular complexity index is 485. The molecule has 2 N–H and O–H groups in total. The zero-order valence-electron chi connectivity index (χ0n) is 10.8. The van der Waals surface area contributed by atoms with Gasteiger partial charge in [-0.3, -0.25) is 9.78 Å². The normalized spacial score (nSPS) is 12.3. The standard InChI is InChI=1S/C13H16N2O4/c1-9(8-19-2)15-13(18)12-10(4-3-7-14-12)5-6-11(16)17/h3-7,9H,8H2,1-2H3,(H,15,18)(H,16,17)/b6-5+. The van der Waals surface area contributed by atoms with Crippen LogP contribution in [0.4, 0.5) is 0 Å². The maximum Gasteiger partial charge on any atom is 0.328 e. The molecule has 1 amide bonds. The third kappa shape index (κ3) is 4.89. The highest BCUT2D eigenvalue weighted by molar-refractivity contribution is 5.97. The first-order valence-electron chi connectivity index (χ1n) is 5.70. The minimum Gasteiger partial charge on any atom is -0.478 e. The highest BCUT2D eigenvalue weighted by Crippen LogP contribution is 2.08. The van der Waals surface area contributed by atoms with Crippen LogP contribution in [0.25, 0.3) is 6.08 Å². The lowest BCUT2D eigenvalue weighted by atomic mass is 10.1. The molecule has 6 heteroatoms. The first kappa shape index (κ1) is 14.8. The van der Waals surface area contributed by atoms with Gasteiger partial charge in [-0.2, -0.15) is 0 Å². The second kappa shape index (κ2) is 7.27. The zero-order chi connectivity index (χ0) is 14.3. The molecule has 1 unspecified atom stereocenters. The number of carboxylic acids is 1. The molecule has 1 rings (SSSR count). The molecule has 1 aromatic heterocycles. The van der Waals surface area contributed by atoms with E-state index in [2.05, 4.69) is 10.3 Å². The van der Waals surface area contributed by atoms with Crippen molar-refractivity contribution >= 4 is 18.0 Å². The molecule has 19 heavy (non-hydrogen) atoms. The van der Waals surface area contributed by atoms with Crippen LogP contribution in [-0.2, 0) is 9.53 Å². The Morgan fingerprint density at radius 1 is 1.58 bits per heavy atom. The minimum absolute atomic E-state index is 0.157. The molecule has 1 heterocycles. The van der Waals surface area contributed by atoms with Crippen LogP contribution >= 0.6 is 0 Å². The molecule has 0 saturated heterocycles. The first-order chi connectivity index (χ1) is 9.04. The quantitative estimate of drug-likeness (QED) is 0.747. The van der Waals surface area contributed by atoms with E-state index in [0.717, 1.165) is 6.08 Å². The van der Waals surface area contributed by atoms with Crippen LogP contribution in [0.15, 0.2) is 24.4 Å². The van der Waals surface area contributed by atoms with Gasteiger partial charge in [0.05, 0.1) is 6.61 Å². The predicted molar refractivity (Wildman–Crippen MR) is 69.7 cm³/mol. The average molecular weight is 264 g/mol. The molecule has 0 aliphatic carbocycles. The van der Waals surface area contributed by atoms with Crippen molar-refractivity contribution < 1.29 is 19.4 Å². The first-order valence-corrected chi connectivity index (χ1v) is 5.70. The molecule has 6 nitrogen and oxygen atoms in total. The second-order valence-corrected chi connectivity index (χ2v) is 3.94. The van der Waals surface area contributed by atoms with E-state index in [-0.39, 0.29) is 17.6 Å². The summed E-state index contributed by atoms with van der Waals surface area (Å²) < 4.78 is 4.92. The molecular formula is C13H16N2O4. The third-order valence-corrected chi connectivity index (χ3v) is 2.25. The third-order valence-electron chi connectivity index (χ3n) is 2.25. The number of amides is 1. The van der Waals surface area contributed by atoms with Gasteiger partial charge < -0.3 is 15.2 Å². The van der Waals surface area contributed by atoms with Gasteiger partial charge in [0.1, 0.15) is 5.69 Å². The van der Waals surface area contributed by atoms with E-state index in [1.807, 2.05) is 0 Å². The number of methoxy groups -OCH3 is 1. The number of aliphatic carboxylic acids is 1. The Morgan fingerprint density at radius 3 is 2.95 bits per heavy atom. The Morgan fingerprint density at radius 2 is 2.32 bits per heavy atom. The molecule has 0 saturated carbocycles. The van der Waals surface area contributed by atoms with E-state index in [4.69, 9.17) is 9.84 Å². The number of rotatable bonds is 6. The highest BCUT2D eigenvalue weighted by atomic mass is 16.5. The number of nitrogens with one attached hydrogen (secondary N) is 1. The van der Waals surface area contributed by atoms with Crippen molar-refractivity contribution in [3.63, 3.8) is 0 Å². The predicted octanol–water partition coefficient (Wildman–Crippen LogP) is 0.944. The smallest absolute Gasteiger partial charge is 0.328 e. The van der Waals surface area contributed by atoms with Crippen molar-refractivity contribution in [2.24, 2.45) is 0 Å². The lowest BCUT2D eigenvalue weighted by molar-refractivity contribution is -0.131. The lowest BCUT2D eigenvalue weighted by Crippen LogP contribution is -2.36. The maximum atomic E-state index is 12.0. The highest BCUT2D eigenvalue weighted by Gasteiger charge is 2.13. The Hall–Kier alpha value is -2.21. The molecule has 1 aromatic rings. The van der Waals surface area contributed by atoms with Crippen LogP contribution in [0.5, 0.6) is 0 Å². The number of carbonyl (C=O) groups is 2. The molecule has 0 aliphatic heterocycles. The van der Waals surface area contributed by atoms with Crippen molar-refractivity contribution in [1.82, 2.24) is 10.3 Å². The van der Waals surface area contributed by atoms with Gasteiger partial charge in [0, 0.05) is 31.0 Å². The summed E-state index contributed by atoms with van der Waals surface area (Å²) >= 11 is 0. The zero-order valence-corrected chi connectivity index (χ0v) is 10.8. The summed E-state index contributed by atoms with van der Waals surface area (Å²) in [5, 5.41) is 11.3. The Kier molecular flexibility index (Phi) is 5.69. The van der Waals surface area contributed by atoms with Crippen molar-refractivity contribution in [2.75, 3.05) is 13.7 Å². The summed E-state index contributed by atoms with van der Waals surface area (Å²) in [6.07, 6.45) is 3.78. The number of carboxylic acid groups (broad SMARTS) is 1. The van der Waals surface area contributed by atoms with Gasteiger partial charge >= 0.3 is 5.97 Å². The van der Waals surface area contributed by atoms with Gasteiger partial charge in [0.2, 0.25) is 0 Å². The van der Waals surface area contributed by atoms with E-state index in [1.54, 1.807) is 26.2 Å². The van der Waals surface area contributed by atoms with Crippen molar-refractivity contribution in [3.05, 3.63) is 35.7 Å². The molecule has 102 valence electrons. The number of hydrogen-bond acceptors (Lipinski definition) is 4. The summed E-state index contributed by atoms with van der Waals surface area (Å²) in [6, 6.07) is 3.11. The van der Waals surface area contributed by atoms with Gasteiger partial charge in [-0.25, -0.2) is 4.79 Å². The van der Waals surface area contributed by atoms with E-state index in [1.165, 1.54) is 12.3 Å². The van der Waals surface area contributed by atoms with E-state index >= 15 is 0 Å². The molecule has 0 fully saturated rings. The molecule has 0 bridgehead atoms. The summed E-state index contributed by atoms with van der Waals surface area (Å²) in [5.74, 6) is -1.45. The van der Waals surface area contributed by atoms with Crippen molar-refractivity contribution in [1.29, 1.82) is 0 Å². The fourth-order valence-corrected chi connectivity index (χ4v) is 1.49. The number of pyridine rings is 1. The molecular weight excluding hydrogens is 248 g/mol. The number of carbonyl (C=O) groups excluding carboxylic acids is 1. The Labute approximate surface area is 111 Å². The summed E-state index contributed by atoms with van der Waals surface area (Å²) in [6.45, 7) is 2.19. The van der Waals surface area contributed by atoms with Crippen LogP contribution in [0.2, 0.25) is 0 Å². The maximum absolute atomic E-state index is 12.0. The van der Waals surface area contributed by atoms with Gasteiger partial charge in [0.25, 0.3) is 5.91 Å². The summed E-state index contributed by atoms with van der Waals surface area (Å²) in [7, 11) is 1.55. The van der Waals surface area contributed by atoms with E-state index in [0.29, 0.717) is 12.2 Å². The largest absolute Gasteiger partial charge is 0.478 e. The van der Waals surface area contributed by atoms with Crippen LogP contribution in [0, 0.1) is 0 Å². The summed E-state index contributed by atoms with van der Waals surface area (Å²) in [5.41, 5.74) is 0.634. The monoisotopic (exact) mass is 264 g/mol. The van der Waals surface area contributed by atoms with Gasteiger partial charge in [-0.05, 0) is 19.1 Å². The Balaban J connectivity index is 2.87. The van der Waals surface area contributed by atoms with Gasteiger partial charge in [-0.15, -0.1) is 0 Å². The molecule has 1 atom stereocenters. The summed E-state index contributed by atoms with van der Waals surface area (Å²) in [4.78, 5) is 26.5. The molecule has 0 spiro atoms. The van der Waals surface area contributed by atoms with E-state index in [9.17, 15) is 9.59 Å². The van der Waals surface area contributed by atoms with Gasteiger partial charge in [0.15, 0.2) is 0 Å². The van der Waals surface area contributed by atoms with Crippen LogP contribution in [-0.4, -0.2) is 41.7 Å². The fraction of sp³-hybridized carbons (Fsp3) is 0.308. The SMILES string of the molecule is COCC(C)NC(=O)c1ncccc1/C=C/C(=O)O. The topological polar surface area (TPSA) is 88.5 Å². The number of ether oxygens (including phenoxy) is 1. The lowest BCUT2D eigenvalue weighted by Gasteiger charge is -2.13. The molecule has 0 aliphatic rings. The number of hydrogen-bond donors (Lipinski definition) is 2. The average Bonchev–Trinajstić information content (AvgIpc) is 2.36. The van der Waals surface area contributed by atoms with Gasteiger partial charge in [-0.1, -0.05) is 6.07 Å². The van der Waals surface area contributed by atoms with Crippen LogP contribution < -0.4 is 5.32 Å². The fourth-order valence-electron chi connectivity index (χ4n) is 1.49. The van der Waals surface area contributed by atoms with E-state index < -0.39 is 5.97 Å². The molecule has 0 aromatic carbocycles. The van der Waals surface area contributed by atoms with Crippen LogP contribution in [0.1, 0.15) is 23.0 Å². The van der Waals surface area contributed by atoms with Crippen LogP contribution in [0.3, 0.4) is 0 Å². The number of aromatic nitrogens is 1. The van der Waals surface area contributed by atoms with Crippen molar-refractivity contribution in [2.45, 2.75) is 13.0 Å². The molecule has 0 radical (unpaired) electrons. The minimum atomic E-state index is -1.08. The second-order valence-electron chi connectivity index (χ2n) is 3.94. The number of nitrogens with zero attached hydrogens (tertiary/aromatic N) is 1. The van der Waals surface area contributed by atoms with Crippen molar-refractivity contribution in [3.8, 4) is 0 Å².